The molecule has 34 heavy (non-hydrogen) atoms. The Balaban J connectivity index is 1.62. The Morgan fingerprint density at radius 1 is 1.15 bits per heavy atom. The van der Waals surface area contributed by atoms with Crippen molar-refractivity contribution in [2.75, 3.05) is 44.1 Å². The molecule has 0 aliphatic heterocycles. The van der Waals surface area contributed by atoms with E-state index in [1.54, 1.807) is 31.0 Å². The van der Waals surface area contributed by atoms with Crippen molar-refractivity contribution in [3.05, 3.63) is 47.7 Å². The topological polar surface area (TPSA) is 105 Å². The molecule has 3 rings (SSSR count). The fourth-order valence-corrected chi connectivity index (χ4v) is 3.47. The van der Waals surface area contributed by atoms with E-state index in [4.69, 9.17) is 4.74 Å². The van der Waals surface area contributed by atoms with Gasteiger partial charge in [-0.3, -0.25) is 4.79 Å². The summed E-state index contributed by atoms with van der Waals surface area (Å²) in [5, 5.41) is 5.77. The quantitative estimate of drug-likeness (QED) is 0.405. The van der Waals surface area contributed by atoms with Crippen LogP contribution >= 0.6 is 11.5 Å². The lowest BCUT2D eigenvalue weighted by molar-refractivity contribution is -0.141. The number of likely N-dealkylation sites (N-methyl/N-ethyl adjacent to an activating group) is 1. The highest BCUT2D eigenvalue weighted by Gasteiger charge is 2.32. The SMILES string of the molecule is Cc1nsc(Nc2cnc(C(F)(F)F)cn2)c1C(=O)Nc1ccc(OCCN(C)CCF)nc1. The summed E-state index contributed by atoms with van der Waals surface area (Å²) in [4.78, 5) is 25.8. The average molecular weight is 499 g/mol. The van der Waals surface area contributed by atoms with Crippen LogP contribution in [0.15, 0.2) is 30.7 Å². The van der Waals surface area contributed by atoms with E-state index in [1.807, 2.05) is 0 Å². The van der Waals surface area contributed by atoms with Crippen LogP contribution in [-0.4, -0.2) is 63.6 Å². The monoisotopic (exact) mass is 499 g/mol. The molecule has 3 heterocycles. The molecule has 0 atom stereocenters. The van der Waals surface area contributed by atoms with E-state index < -0.39 is 24.5 Å². The number of hydrogen-bond acceptors (Lipinski definition) is 9. The van der Waals surface area contributed by atoms with Crippen LogP contribution < -0.4 is 15.4 Å². The number of aromatic nitrogens is 4. The lowest BCUT2D eigenvalue weighted by Gasteiger charge is -2.14. The molecule has 9 nitrogen and oxygen atoms in total. The Morgan fingerprint density at radius 3 is 2.56 bits per heavy atom. The molecular weight excluding hydrogens is 478 g/mol. The van der Waals surface area contributed by atoms with Gasteiger partial charge in [0.05, 0.1) is 35.5 Å². The normalized spacial score (nSPS) is 11.5. The van der Waals surface area contributed by atoms with Crippen LogP contribution in [0.2, 0.25) is 0 Å². The number of aryl methyl sites for hydroxylation is 1. The van der Waals surface area contributed by atoms with Gasteiger partial charge >= 0.3 is 6.18 Å². The predicted octanol–water partition coefficient (Wildman–Crippen LogP) is 3.93. The summed E-state index contributed by atoms with van der Waals surface area (Å²) in [6, 6.07) is 3.19. The zero-order valence-electron chi connectivity index (χ0n) is 18.2. The van der Waals surface area contributed by atoms with E-state index in [0.29, 0.717) is 48.2 Å². The molecule has 1 amide bonds. The van der Waals surface area contributed by atoms with E-state index in [1.165, 1.54) is 6.20 Å². The van der Waals surface area contributed by atoms with E-state index in [-0.39, 0.29) is 11.4 Å². The van der Waals surface area contributed by atoms with Gasteiger partial charge in [0.25, 0.3) is 5.91 Å². The van der Waals surface area contributed by atoms with Crippen LogP contribution in [0.25, 0.3) is 0 Å². The number of rotatable bonds is 10. The number of alkyl halides is 4. The van der Waals surface area contributed by atoms with Crippen molar-refractivity contribution in [2.24, 2.45) is 0 Å². The molecule has 0 bridgehead atoms. The van der Waals surface area contributed by atoms with Crippen LogP contribution in [0, 0.1) is 6.92 Å². The number of halogens is 4. The van der Waals surface area contributed by atoms with Gasteiger partial charge < -0.3 is 20.3 Å². The van der Waals surface area contributed by atoms with Gasteiger partial charge in [-0.25, -0.2) is 19.3 Å². The first-order valence-electron chi connectivity index (χ1n) is 9.94. The summed E-state index contributed by atoms with van der Waals surface area (Å²) >= 11 is 0.962. The van der Waals surface area contributed by atoms with Crippen molar-refractivity contribution >= 4 is 33.9 Å². The van der Waals surface area contributed by atoms with Crippen molar-refractivity contribution in [1.82, 2.24) is 24.2 Å². The standard InChI is InChI=1S/C20H21F4N7O2S/c1-12-17(19(34-30-12)29-15-11-25-14(10-26-15)20(22,23)24)18(32)28-13-3-4-16(27-9-13)33-8-7-31(2)6-5-21/h3-4,9-11H,5-8H2,1-2H3,(H,26,29)(H,28,32). The molecule has 14 heteroatoms. The zero-order chi connectivity index (χ0) is 24.7. The molecule has 3 aromatic heterocycles. The predicted molar refractivity (Wildman–Crippen MR) is 118 cm³/mol. The number of nitrogens with zero attached hydrogens (tertiary/aromatic N) is 5. The van der Waals surface area contributed by atoms with Gasteiger partial charge in [0.2, 0.25) is 5.88 Å². The number of pyridine rings is 1. The molecular formula is C20H21F4N7O2S. The number of hydrogen-bond donors (Lipinski definition) is 2. The van der Waals surface area contributed by atoms with Crippen molar-refractivity contribution in [1.29, 1.82) is 0 Å². The summed E-state index contributed by atoms with van der Waals surface area (Å²) in [6.07, 6.45) is -1.65. The van der Waals surface area contributed by atoms with Crippen molar-refractivity contribution < 1.29 is 27.1 Å². The highest BCUT2D eigenvalue weighted by Crippen LogP contribution is 2.30. The number of nitrogens with one attached hydrogen (secondary N) is 2. The minimum Gasteiger partial charge on any atom is -0.476 e. The Hall–Kier alpha value is -3.39. The third-order valence-electron chi connectivity index (χ3n) is 4.46. The second-order valence-corrected chi connectivity index (χ2v) is 7.84. The highest BCUT2D eigenvalue weighted by molar-refractivity contribution is 7.10. The molecule has 0 aliphatic rings. The van der Waals surface area contributed by atoms with Gasteiger partial charge in [-0.05, 0) is 31.6 Å². The van der Waals surface area contributed by atoms with Crippen LogP contribution in [0.3, 0.4) is 0 Å². The summed E-state index contributed by atoms with van der Waals surface area (Å²) in [5.74, 6) is -0.105. The largest absolute Gasteiger partial charge is 0.476 e. The van der Waals surface area contributed by atoms with E-state index in [9.17, 15) is 22.4 Å². The molecule has 0 fully saturated rings. The summed E-state index contributed by atoms with van der Waals surface area (Å²) < 4.78 is 59.9. The number of anilines is 3. The second-order valence-electron chi connectivity index (χ2n) is 7.06. The van der Waals surface area contributed by atoms with E-state index >= 15 is 0 Å². The maximum atomic E-state index is 12.8. The zero-order valence-corrected chi connectivity index (χ0v) is 19.0. The van der Waals surface area contributed by atoms with Gasteiger partial charge in [0.1, 0.15) is 24.1 Å². The fourth-order valence-electron chi connectivity index (χ4n) is 2.67. The maximum absolute atomic E-state index is 12.8. The first-order valence-corrected chi connectivity index (χ1v) is 10.7. The van der Waals surface area contributed by atoms with Gasteiger partial charge in [-0.1, -0.05) is 0 Å². The van der Waals surface area contributed by atoms with E-state index in [0.717, 1.165) is 17.7 Å². The fraction of sp³-hybridized carbons (Fsp3) is 0.350. The Labute approximate surface area is 196 Å². The van der Waals surface area contributed by atoms with Crippen LogP contribution in [0.4, 0.5) is 34.1 Å². The van der Waals surface area contributed by atoms with Gasteiger partial charge in [-0.2, -0.15) is 17.5 Å². The molecule has 2 N–H and O–H groups in total. The molecule has 0 radical (unpaired) electrons. The number of carbonyl (C=O) groups is 1. The minimum absolute atomic E-state index is 0.0334. The van der Waals surface area contributed by atoms with Crippen LogP contribution in [-0.2, 0) is 6.18 Å². The third-order valence-corrected chi connectivity index (χ3v) is 5.31. The maximum Gasteiger partial charge on any atom is 0.434 e. The minimum atomic E-state index is -4.60. The Kier molecular flexibility index (Phi) is 8.28. The number of ether oxygens (including phenoxy) is 1. The average Bonchev–Trinajstić information content (AvgIpc) is 3.15. The molecule has 0 spiro atoms. The van der Waals surface area contributed by atoms with E-state index in [2.05, 4.69) is 30.0 Å². The lowest BCUT2D eigenvalue weighted by Crippen LogP contribution is -2.26. The Morgan fingerprint density at radius 2 is 1.94 bits per heavy atom. The van der Waals surface area contributed by atoms with Gasteiger partial charge in [0, 0.05) is 19.2 Å². The molecule has 0 unspecified atom stereocenters. The smallest absolute Gasteiger partial charge is 0.434 e. The molecule has 0 aliphatic carbocycles. The summed E-state index contributed by atoms with van der Waals surface area (Å²) in [6.45, 7) is 2.38. The molecule has 0 saturated carbocycles. The molecule has 0 aromatic carbocycles. The molecule has 0 saturated heterocycles. The van der Waals surface area contributed by atoms with Crippen LogP contribution in [0.5, 0.6) is 5.88 Å². The molecule has 182 valence electrons. The Bertz CT molecular complexity index is 1090. The van der Waals surface area contributed by atoms with Crippen LogP contribution in [0.1, 0.15) is 21.7 Å². The first-order chi connectivity index (χ1) is 16.2. The summed E-state index contributed by atoms with van der Waals surface area (Å²) in [7, 11) is 1.78. The van der Waals surface area contributed by atoms with Gasteiger partial charge in [-0.15, -0.1) is 0 Å². The third kappa shape index (κ3) is 6.81. The van der Waals surface area contributed by atoms with Crippen molar-refractivity contribution in [2.45, 2.75) is 13.1 Å². The van der Waals surface area contributed by atoms with Gasteiger partial charge in [0.15, 0.2) is 5.69 Å². The molecule has 3 aromatic rings. The van der Waals surface area contributed by atoms with Crippen molar-refractivity contribution in [3.63, 3.8) is 0 Å². The summed E-state index contributed by atoms with van der Waals surface area (Å²) in [5.41, 5.74) is -0.0842. The first kappa shape index (κ1) is 25.2. The second kappa shape index (κ2) is 11.2. The number of carbonyl (C=O) groups excluding carboxylic acids is 1. The number of amides is 1. The highest BCUT2D eigenvalue weighted by atomic mass is 32.1. The van der Waals surface area contributed by atoms with Crippen molar-refractivity contribution in [3.8, 4) is 5.88 Å². The lowest BCUT2D eigenvalue weighted by atomic mass is 10.2.